The maximum atomic E-state index is 13.0. The number of hydrogen-bond acceptors (Lipinski definition) is 15. The third kappa shape index (κ3) is 33.1. The van der Waals surface area contributed by atoms with Crippen LogP contribution < -0.4 is 0 Å². The summed E-state index contributed by atoms with van der Waals surface area (Å²) in [5.41, 5.74) is 0. The Hall–Kier alpha value is -2.38. The van der Waals surface area contributed by atoms with Gasteiger partial charge >= 0.3 is 27.6 Å². The van der Waals surface area contributed by atoms with Crippen molar-refractivity contribution in [3.05, 3.63) is 60.8 Å². The van der Waals surface area contributed by atoms with Crippen LogP contribution in [0.15, 0.2) is 60.8 Å². The second-order valence-corrected chi connectivity index (χ2v) is 20.1. The highest BCUT2D eigenvalue weighted by Gasteiger charge is 2.54. The molecule has 0 bridgehead atoms. The molecule has 0 aromatic carbocycles. The van der Waals surface area contributed by atoms with Crippen LogP contribution in [0.4, 0.5) is 0 Å². The Kier molecular flexibility index (Phi) is 36.7. The lowest BCUT2D eigenvalue weighted by molar-refractivity contribution is -0.216. The van der Waals surface area contributed by atoms with Crippen molar-refractivity contribution < 1.29 is 87.1 Å². The van der Waals surface area contributed by atoms with Crippen LogP contribution >= 0.6 is 15.6 Å². The largest absolute Gasteiger partial charge is 0.472 e. The Morgan fingerprint density at radius 2 is 1.03 bits per heavy atom. The van der Waals surface area contributed by atoms with E-state index in [4.69, 9.17) is 18.5 Å². The van der Waals surface area contributed by atoms with Gasteiger partial charge in [-0.25, -0.2) is 9.13 Å². The summed E-state index contributed by atoms with van der Waals surface area (Å²) in [5.74, 6) is -1.34. The van der Waals surface area contributed by atoms with Crippen LogP contribution in [0, 0.1) is 0 Å². The molecule has 0 heterocycles. The lowest BCUT2D eigenvalue weighted by Gasteiger charge is -2.43. The highest BCUT2D eigenvalue weighted by Crippen LogP contribution is 2.49. The first-order chi connectivity index (χ1) is 32.9. The number of aliphatic hydroxyl groups is 6. The molecule has 20 heteroatoms. The molecule has 1 rings (SSSR count). The zero-order chi connectivity index (χ0) is 51.3. The molecule has 0 saturated heterocycles. The van der Waals surface area contributed by atoms with E-state index in [-0.39, 0.29) is 12.8 Å². The molecule has 0 aromatic rings. The standard InChI is InChI=1S/C49H86O18P2/c1-3-5-7-9-11-12-13-14-15-16-17-18-19-20-21-22-23-27-32-36-43(53)65-39(38-64-69(61,62)67-49-46(56)44(54)45(55)48(47(49)57)66-68(58,59)60)37-63-42(52)35-31-28-24-26-30-34-41(51)40(50)33-29-25-10-8-6-4-2/h5,7,11-12,14-15,17-18,25,29,39-41,44-51,54-57H,3-4,6,8-10,13,16,19-24,26-28,30-38H2,1-2H3,(H,61,62)(H2,58,59,60)/b7-5-,12-11-,15-14-,18-17-,29-25-/t39-,40-,41-,44?,45?,46?,47?,48-,49+/m1/s1. The molecule has 1 fully saturated rings. The van der Waals surface area contributed by atoms with Crippen LogP contribution in [0.25, 0.3) is 0 Å². The number of aliphatic hydroxyl groups excluding tert-OH is 6. The number of esters is 2. The number of phosphoric acid groups is 2. The molecule has 10 atom stereocenters. The van der Waals surface area contributed by atoms with Gasteiger partial charge in [-0.05, 0) is 77.0 Å². The van der Waals surface area contributed by atoms with Gasteiger partial charge in [0.25, 0.3) is 0 Å². The van der Waals surface area contributed by atoms with Crippen molar-refractivity contribution in [3.8, 4) is 0 Å². The van der Waals surface area contributed by atoms with E-state index in [1.807, 2.05) is 12.2 Å². The van der Waals surface area contributed by atoms with E-state index in [1.54, 1.807) is 0 Å². The average Bonchev–Trinajstić information content (AvgIpc) is 3.30. The molecule has 0 aromatic heterocycles. The fourth-order valence-electron chi connectivity index (χ4n) is 7.27. The molecule has 1 aliphatic rings. The summed E-state index contributed by atoms with van der Waals surface area (Å²) < 4.78 is 49.3. The van der Waals surface area contributed by atoms with Crippen LogP contribution in [-0.4, -0.2) is 125 Å². The smallest absolute Gasteiger partial charge is 0.462 e. The number of rotatable bonds is 41. The molecule has 0 aliphatic heterocycles. The Balaban J connectivity index is 2.62. The van der Waals surface area contributed by atoms with Gasteiger partial charge in [0.15, 0.2) is 6.10 Å². The molecule has 9 N–H and O–H groups in total. The predicted molar refractivity (Wildman–Crippen MR) is 262 cm³/mol. The number of ether oxygens (including phenoxy) is 2. The zero-order valence-corrected chi connectivity index (χ0v) is 42.7. The van der Waals surface area contributed by atoms with Gasteiger partial charge in [0.05, 0.1) is 18.8 Å². The number of carbonyl (C=O) groups excluding carboxylic acids is 2. The second kappa shape index (κ2) is 39.2. The van der Waals surface area contributed by atoms with Crippen molar-refractivity contribution in [1.82, 2.24) is 0 Å². The van der Waals surface area contributed by atoms with Crippen LogP contribution in [0.5, 0.6) is 0 Å². The zero-order valence-electron chi connectivity index (χ0n) is 40.9. The average molecular weight is 1030 g/mol. The molecule has 0 radical (unpaired) electrons. The van der Waals surface area contributed by atoms with Gasteiger partial charge in [-0.2, -0.15) is 0 Å². The summed E-state index contributed by atoms with van der Waals surface area (Å²) in [7, 11) is -10.7. The highest BCUT2D eigenvalue weighted by molar-refractivity contribution is 7.47. The topological polar surface area (TPSA) is 296 Å². The Labute approximate surface area is 410 Å². The van der Waals surface area contributed by atoms with Crippen LogP contribution in [0.2, 0.25) is 0 Å². The van der Waals surface area contributed by atoms with E-state index < -0.39 is 95.7 Å². The van der Waals surface area contributed by atoms with Crippen LogP contribution in [-0.2, 0) is 41.8 Å². The van der Waals surface area contributed by atoms with E-state index in [9.17, 15) is 64.0 Å². The minimum atomic E-state index is -5.39. The van der Waals surface area contributed by atoms with Crippen molar-refractivity contribution in [2.24, 2.45) is 0 Å². The van der Waals surface area contributed by atoms with Gasteiger partial charge in [-0.15, -0.1) is 0 Å². The predicted octanol–water partition coefficient (Wildman–Crippen LogP) is 7.78. The summed E-state index contributed by atoms with van der Waals surface area (Å²) in [6.07, 6.45) is 23.2. The highest BCUT2D eigenvalue weighted by atomic mass is 31.2. The molecule has 0 spiro atoms. The van der Waals surface area contributed by atoms with E-state index >= 15 is 0 Å². The Morgan fingerprint density at radius 1 is 0.536 bits per heavy atom. The van der Waals surface area contributed by atoms with Crippen molar-refractivity contribution in [2.45, 2.75) is 223 Å². The van der Waals surface area contributed by atoms with Crippen molar-refractivity contribution in [2.75, 3.05) is 13.2 Å². The molecule has 5 unspecified atom stereocenters. The summed E-state index contributed by atoms with van der Waals surface area (Å²) >= 11 is 0. The Morgan fingerprint density at radius 3 is 1.61 bits per heavy atom. The SMILES string of the molecule is CC/C=C\C/C=C\C/C=C\C/C=C\CCCCCCCCC(=O)O[C@H](COC(=O)CCCCCCC[C@@H](O)[C@H](O)C/C=C\CCCCC)COP(=O)(O)O[C@H]1C(O)C(O)C(O)[C@@H](OP(=O)(O)O)C1O. The summed E-state index contributed by atoms with van der Waals surface area (Å²) in [5, 5.41) is 61.8. The van der Waals surface area contributed by atoms with Gasteiger partial charge in [0.1, 0.15) is 43.2 Å². The maximum Gasteiger partial charge on any atom is 0.472 e. The minimum Gasteiger partial charge on any atom is -0.462 e. The normalized spacial score (nSPS) is 22.5. The third-order valence-electron chi connectivity index (χ3n) is 11.3. The van der Waals surface area contributed by atoms with Gasteiger partial charge in [0, 0.05) is 12.8 Å². The third-order valence-corrected chi connectivity index (χ3v) is 12.8. The van der Waals surface area contributed by atoms with E-state index in [0.29, 0.717) is 38.5 Å². The molecule has 69 heavy (non-hydrogen) atoms. The molecular formula is C49H86O18P2. The van der Waals surface area contributed by atoms with Crippen molar-refractivity contribution >= 4 is 27.6 Å². The van der Waals surface area contributed by atoms with Gasteiger partial charge < -0.3 is 54.8 Å². The van der Waals surface area contributed by atoms with Gasteiger partial charge in [-0.1, -0.05) is 139 Å². The van der Waals surface area contributed by atoms with Gasteiger partial charge in [-0.3, -0.25) is 23.2 Å². The van der Waals surface area contributed by atoms with E-state index in [0.717, 1.165) is 103 Å². The number of allylic oxidation sites excluding steroid dienone is 9. The first-order valence-electron chi connectivity index (χ1n) is 25.0. The molecule has 1 aliphatic carbocycles. The van der Waals surface area contributed by atoms with E-state index in [1.165, 1.54) is 0 Å². The van der Waals surface area contributed by atoms with Crippen LogP contribution in [0.1, 0.15) is 168 Å². The lowest BCUT2D eigenvalue weighted by Crippen LogP contribution is -2.64. The lowest BCUT2D eigenvalue weighted by atomic mass is 9.85. The fourth-order valence-corrected chi connectivity index (χ4v) is 8.81. The summed E-state index contributed by atoms with van der Waals surface area (Å²) in [6, 6.07) is 0. The number of unbranched alkanes of at least 4 members (excludes halogenated alkanes) is 13. The molecule has 1 saturated carbocycles. The minimum absolute atomic E-state index is 0.00647. The molecule has 18 nitrogen and oxygen atoms in total. The molecular weight excluding hydrogens is 938 g/mol. The quantitative estimate of drug-likeness (QED) is 0.0122. The van der Waals surface area contributed by atoms with E-state index in [2.05, 4.69) is 67.0 Å². The number of carbonyl (C=O) groups is 2. The maximum absolute atomic E-state index is 13.0. The number of hydrogen-bond donors (Lipinski definition) is 9. The summed E-state index contributed by atoms with van der Waals surface area (Å²) in [4.78, 5) is 54.4. The molecule has 0 amide bonds. The number of phosphoric ester groups is 2. The first kappa shape index (κ1) is 64.6. The monoisotopic (exact) mass is 1020 g/mol. The first-order valence-corrected chi connectivity index (χ1v) is 28.0. The van der Waals surface area contributed by atoms with Crippen molar-refractivity contribution in [3.63, 3.8) is 0 Å². The van der Waals surface area contributed by atoms with Gasteiger partial charge in [0.2, 0.25) is 0 Å². The molecule has 400 valence electrons. The summed E-state index contributed by atoms with van der Waals surface area (Å²) in [6.45, 7) is 2.80. The second-order valence-electron chi connectivity index (χ2n) is 17.5. The van der Waals surface area contributed by atoms with Crippen molar-refractivity contribution in [1.29, 1.82) is 0 Å². The van der Waals surface area contributed by atoms with Crippen LogP contribution in [0.3, 0.4) is 0 Å². The fraction of sp³-hybridized carbons (Fsp3) is 0.755. The Bertz CT molecular complexity index is 1600.